The smallest absolute Gasteiger partial charge is 0.374 e. The Kier molecular flexibility index (Phi) is 6.71. The topological polar surface area (TPSA) is 72.6 Å². The van der Waals surface area contributed by atoms with Crippen molar-refractivity contribution >= 4 is 34.0 Å². The van der Waals surface area contributed by atoms with Crippen LogP contribution in [-0.2, 0) is 20.9 Å². The van der Waals surface area contributed by atoms with Gasteiger partial charge in [-0.1, -0.05) is 11.6 Å². The van der Waals surface area contributed by atoms with Gasteiger partial charge in [-0.15, -0.1) is 12.4 Å². The van der Waals surface area contributed by atoms with E-state index in [1.807, 2.05) is 0 Å². The molecule has 0 aliphatic carbocycles. The highest BCUT2D eigenvalue weighted by atomic mass is 35.5. The number of hydrogen-bond acceptors (Lipinski definition) is 4. The highest BCUT2D eigenvalue weighted by molar-refractivity contribution is 7.89. The molecule has 0 saturated carbocycles. The summed E-state index contributed by atoms with van der Waals surface area (Å²) in [5, 5.41) is -0.260. The van der Waals surface area contributed by atoms with E-state index >= 15 is 0 Å². The van der Waals surface area contributed by atoms with Gasteiger partial charge in [0.1, 0.15) is 4.90 Å². The zero-order chi connectivity index (χ0) is 16.5. The number of halogens is 5. The first-order valence-electron chi connectivity index (χ1n) is 6.35. The lowest BCUT2D eigenvalue weighted by atomic mass is 10.2. The van der Waals surface area contributed by atoms with E-state index in [4.69, 9.17) is 22.1 Å². The molecule has 23 heavy (non-hydrogen) atoms. The van der Waals surface area contributed by atoms with Crippen molar-refractivity contribution in [3.8, 4) is 0 Å². The van der Waals surface area contributed by atoms with E-state index in [2.05, 4.69) is 0 Å². The fourth-order valence-electron chi connectivity index (χ4n) is 2.07. The third kappa shape index (κ3) is 4.49. The van der Waals surface area contributed by atoms with Crippen LogP contribution < -0.4 is 5.73 Å². The van der Waals surface area contributed by atoms with Crippen LogP contribution >= 0.6 is 24.0 Å². The summed E-state index contributed by atoms with van der Waals surface area (Å²) in [6.45, 7) is 0.247. The van der Waals surface area contributed by atoms with E-state index in [9.17, 15) is 21.6 Å². The Morgan fingerprint density at radius 3 is 2.61 bits per heavy atom. The summed E-state index contributed by atoms with van der Waals surface area (Å²) in [6.07, 6.45) is -5.15. The summed E-state index contributed by atoms with van der Waals surface area (Å²) < 4.78 is 69.6. The summed E-state index contributed by atoms with van der Waals surface area (Å²) in [7, 11) is -4.15. The molecule has 132 valence electrons. The van der Waals surface area contributed by atoms with Gasteiger partial charge in [-0.3, -0.25) is 0 Å². The molecular formula is C12H15Cl2F3N2O3S. The number of nitrogens with zero attached hydrogens (tertiary/aromatic N) is 1. The van der Waals surface area contributed by atoms with Gasteiger partial charge < -0.3 is 10.5 Å². The summed E-state index contributed by atoms with van der Waals surface area (Å²) in [4.78, 5) is -0.568. The fraction of sp³-hybridized carbons (Fsp3) is 0.500. The van der Waals surface area contributed by atoms with Crippen LogP contribution in [0.25, 0.3) is 0 Å². The predicted molar refractivity (Wildman–Crippen MR) is 81.3 cm³/mol. The lowest BCUT2D eigenvalue weighted by Gasteiger charge is -2.31. The lowest BCUT2D eigenvalue weighted by molar-refractivity contribution is -0.137. The zero-order valence-electron chi connectivity index (χ0n) is 11.7. The SMILES string of the molecule is Cl.NCC1CN(S(=O)(=O)c2cc(C(F)(F)F)ccc2Cl)CCO1. The number of alkyl halides is 3. The van der Waals surface area contributed by atoms with Crippen molar-refractivity contribution in [2.45, 2.75) is 17.2 Å². The van der Waals surface area contributed by atoms with Crippen molar-refractivity contribution < 1.29 is 26.3 Å². The second-order valence-corrected chi connectivity index (χ2v) is 7.05. The molecule has 0 bridgehead atoms. The Bertz CT molecular complexity index is 655. The Labute approximate surface area is 143 Å². The Balaban J connectivity index is 0.00000264. The minimum absolute atomic E-state index is 0. The van der Waals surface area contributed by atoms with Crippen molar-refractivity contribution in [3.05, 3.63) is 28.8 Å². The molecule has 2 rings (SSSR count). The van der Waals surface area contributed by atoms with Crippen LogP contribution in [-0.4, -0.2) is 45.1 Å². The molecule has 0 aromatic heterocycles. The molecular weight excluding hydrogens is 380 g/mol. The molecule has 1 aliphatic heterocycles. The largest absolute Gasteiger partial charge is 0.416 e. The van der Waals surface area contributed by atoms with Crippen molar-refractivity contribution in [1.82, 2.24) is 4.31 Å². The maximum atomic E-state index is 12.8. The van der Waals surface area contributed by atoms with Crippen molar-refractivity contribution in [1.29, 1.82) is 0 Å². The molecule has 11 heteroatoms. The van der Waals surface area contributed by atoms with E-state index < -0.39 is 32.8 Å². The van der Waals surface area contributed by atoms with Gasteiger partial charge in [-0.05, 0) is 18.2 Å². The second kappa shape index (κ2) is 7.54. The third-order valence-electron chi connectivity index (χ3n) is 3.24. The molecule has 0 spiro atoms. The van der Waals surface area contributed by atoms with E-state index in [-0.39, 0.29) is 43.7 Å². The highest BCUT2D eigenvalue weighted by Crippen LogP contribution is 2.34. The molecule has 1 aromatic carbocycles. The van der Waals surface area contributed by atoms with Gasteiger partial charge in [0.05, 0.1) is 23.3 Å². The molecule has 1 unspecified atom stereocenters. The van der Waals surface area contributed by atoms with Crippen LogP contribution in [0.15, 0.2) is 23.1 Å². The van der Waals surface area contributed by atoms with Crippen LogP contribution in [0.1, 0.15) is 5.56 Å². The molecule has 1 fully saturated rings. The summed E-state index contributed by atoms with van der Waals surface area (Å²) >= 11 is 5.79. The van der Waals surface area contributed by atoms with Crippen LogP contribution in [0.3, 0.4) is 0 Å². The zero-order valence-corrected chi connectivity index (χ0v) is 14.1. The fourth-order valence-corrected chi connectivity index (χ4v) is 4.03. The van der Waals surface area contributed by atoms with Crippen molar-refractivity contribution in [3.63, 3.8) is 0 Å². The number of ether oxygens (including phenoxy) is 1. The van der Waals surface area contributed by atoms with Crippen LogP contribution in [0, 0.1) is 0 Å². The van der Waals surface area contributed by atoms with E-state index in [0.717, 1.165) is 16.4 Å². The molecule has 1 atom stereocenters. The minimum atomic E-state index is -4.65. The Hall–Kier alpha value is -0.580. The van der Waals surface area contributed by atoms with Crippen LogP contribution in [0.4, 0.5) is 13.2 Å². The first-order chi connectivity index (χ1) is 10.2. The Morgan fingerprint density at radius 2 is 2.04 bits per heavy atom. The van der Waals surface area contributed by atoms with Gasteiger partial charge in [-0.2, -0.15) is 17.5 Å². The van der Waals surface area contributed by atoms with Crippen LogP contribution in [0.2, 0.25) is 5.02 Å². The van der Waals surface area contributed by atoms with Crippen molar-refractivity contribution in [2.75, 3.05) is 26.2 Å². The first kappa shape index (κ1) is 20.5. The molecule has 5 nitrogen and oxygen atoms in total. The number of hydrogen-bond donors (Lipinski definition) is 1. The molecule has 1 aliphatic rings. The maximum Gasteiger partial charge on any atom is 0.416 e. The monoisotopic (exact) mass is 394 g/mol. The van der Waals surface area contributed by atoms with Gasteiger partial charge in [0, 0.05) is 19.6 Å². The molecule has 1 heterocycles. The van der Waals surface area contributed by atoms with Gasteiger partial charge >= 0.3 is 6.18 Å². The molecule has 0 amide bonds. The third-order valence-corrected chi connectivity index (χ3v) is 5.59. The maximum absolute atomic E-state index is 12.8. The summed E-state index contributed by atoms with van der Waals surface area (Å²) in [6, 6.07) is 2.21. The van der Waals surface area contributed by atoms with Gasteiger partial charge in [0.2, 0.25) is 10.0 Å². The number of benzene rings is 1. The van der Waals surface area contributed by atoms with Gasteiger partial charge in [0.15, 0.2) is 0 Å². The van der Waals surface area contributed by atoms with Gasteiger partial charge in [0.25, 0.3) is 0 Å². The molecule has 0 radical (unpaired) electrons. The average molecular weight is 395 g/mol. The average Bonchev–Trinajstić information content (AvgIpc) is 2.46. The first-order valence-corrected chi connectivity index (χ1v) is 8.16. The molecule has 1 aromatic rings. The lowest BCUT2D eigenvalue weighted by Crippen LogP contribution is -2.48. The van der Waals surface area contributed by atoms with Crippen LogP contribution in [0.5, 0.6) is 0 Å². The Morgan fingerprint density at radius 1 is 1.39 bits per heavy atom. The molecule has 2 N–H and O–H groups in total. The second-order valence-electron chi connectivity index (χ2n) is 4.73. The summed E-state index contributed by atoms with van der Waals surface area (Å²) in [5.74, 6) is 0. The van der Waals surface area contributed by atoms with E-state index in [0.29, 0.717) is 6.07 Å². The predicted octanol–water partition coefficient (Wildman–Crippen LogP) is 2.13. The highest BCUT2D eigenvalue weighted by Gasteiger charge is 2.36. The number of rotatable bonds is 3. The minimum Gasteiger partial charge on any atom is -0.374 e. The summed E-state index contributed by atoms with van der Waals surface area (Å²) in [5.41, 5.74) is 4.37. The normalized spacial score (nSPS) is 20.1. The van der Waals surface area contributed by atoms with E-state index in [1.54, 1.807) is 0 Å². The van der Waals surface area contributed by atoms with Crippen molar-refractivity contribution in [2.24, 2.45) is 5.73 Å². The van der Waals surface area contributed by atoms with Gasteiger partial charge in [-0.25, -0.2) is 8.42 Å². The van der Waals surface area contributed by atoms with E-state index in [1.165, 1.54) is 0 Å². The number of nitrogens with two attached hydrogens (primary N) is 1. The molecule has 1 saturated heterocycles. The standard InChI is InChI=1S/C12H14ClF3N2O3S.ClH/c13-10-2-1-8(12(14,15)16)5-11(10)22(19,20)18-3-4-21-9(6-17)7-18;/h1-2,5,9H,3-4,6-7,17H2;1H. The quantitative estimate of drug-likeness (QED) is 0.851. The number of morpholine rings is 1. The number of sulfonamides is 1.